The highest BCUT2D eigenvalue weighted by Crippen LogP contribution is 2.31. The van der Waals surface area contributed by atoms with Crippen LogP contribution >= 0.6 is 0 Å². The standard InChI is InChI=1S/C24H22FN5O/c25-18-12-21-23(27-15-18)13-22(28-24(21)31)17-3-6-20(11-17)30-9-7-29(8-10-30)19-4-1-16(14-26)2-5-19/h1-2,4-5,11-13,15,20H,3,6-10H2,(H,28,31)/t20-/m1/s1. The number of piperazine rings is 1. The minimum Gasteiger partial charge on any atom is -0.369 e. The van der Waals surface area contributed by atoms with Crippen molar-refractivity contribution in [3.63, 3.8) is 0 Å². The zero-order chi connectivity index (χ0) is 21.4. The normalized spacial score (nSPS) is 19.4. The fourth-order valence-corrected chi connectivity index (χ4v) is 4.56. The van der Waals surface area contributed by atoms with Crippen LogP contribution in [0.1, 0.15) is 24.1 Å². The molecule has 2 aliphatic rings. The topological polar surface area (TPSA) is 76.0 Å². The molecular formula is C24H22FN5O. The Bertz CT molecular complexity index is 1250. The highest BCUT2D eigenvalue weighted by molar-refractivity contribution is 5.81. The third kappa shape index (κ3) is 3.82. The van der Waals surface area contributed by atoms with E-state index in [1.165, 1.54) is 6.07 Å². The van der Waals surface area contributed by atoms with Crippen LogP contribution in [0.3, 0.4) is 0 Å². The lowest BCUT2D eigenvalue weighted by Gasteiger charge is -2.38. The number of hydrogen-bond donors (Lipinski definition) is 1. The number of aromatic amines is 1. The molecule has 1 aromatic carbocycles. The van der Waals surface area contributed by atoms with Crippen molar-refractivity contribution in [2.45, 2.75) is 18.9 Å². The van der Waals surface area contributed by atoms with E-state index < -0.39 is 5.82 Å². The minimum atomic E-state index is -0.508. The average molecular weight is 415 g/mol. The van der Waals surface area contributed by atoms with Crippen LogP contribution in [-0.4, -0.2) is 47.1 Å². The Balaban J connectivity index is 1.29. The zero-order valence-electron chi connectivity index (χ0n) is 17.0. The van der Waals surface area contributed by atoms with E-state index >= 15 is 0 Å². The van der Waals surface area contributed by atoms with Crippen molar-refractivity contribution >= 4 is 22.2 Å². The first-order valence-electron chi connectivity index (χ1n) is 10.5. The second-order valence-corrected chi connectivity index (χ2v) is 8.08. The lowest BCUT2D eigenvalue weighted by atomic mass is 10.1. The molecule has 6 nitrogen and oxygen atoms in total. The molecule has 5 rings (SSSR count). The molecule has 1 aliphatic carbocycles. The van der Waals surface area contributed by atoms with Crippen molar-refractivity contribution in [1.29, 1.82) is 5.26 Å². The van der Waals surface area contributed by atoms with Crippen LogP contribution in [0.4, 0.5) is 10.1 Å². The first-order valence-corrected chi connectivity index (χ1v) is 10.5. The van der Waals surface area contributed by atoms with Crippen molar-refractivity contribution in [2.24, 2.45) is 0 Å². The first-order chi connectivity index (χ1) is 15.1. The van der Waals surface area contributed by atoms with E-state index in [-0.39, 0.29) is 10.9 Å². The van der Waals surface area contributed by atoms with E-state index in [0.717, 1.165) is 62.2 Å². The number of H-pyrrole nitrogens is 1. The molecule has 0 radical (unpaired) electrons. The van der Waals surface area contributed by atoms with E-state index in [2.05, 4.69) is 31.9 Å². The van der Waals surface area contributed by atoms with Gasteiger partial charge in [-0.05, 0) is 54.8 Å². The summed E-state index contributed by atoms with van der Waals surface area (Å²) in [5.41, 5.74) is 3.93. The van der Waals surface area contributed by atoms with E-state index in [9.17, 15) is 9.18 Å². The lowest BCUT2D eigenvalue weighted by Crippen LogP contribution is -2.49. The van der Waals surface area contributed by atoms with Gasteiger partial charge >= 0.3 is 0 Å². The molecule has 3 aromatic rings. The van der Waals surface area contributed by atoms with Gasteiger partial charge in [0.15, 0.2) is 0 Å². The predicted octanol–water partition coefficient (Wildman–Crippen LogP) is 3.30. The van der Waals surface area contributed by atoms with Gasteiger partial charge in [0.2, 0.25) is 0 Å². The Kier molecular flexibility index (Phi) is 5.00. The number of benzene rings is 1. The highest BCUT2D eigenvalue weighted by Gasteiger charge is 2.27. The molecular weight excluding hydrogens is 393 g/mol. The lowest BCUT2D eigenvalue weighted by molar-refractivity contribution is 0.214. The van der Waals surface area contributed by atoms with Crippen LogP contribution in [0.5, 0.6) is 0 Å². The van der Waals surface area contributed by atoms with Crippen molar-refractivity contribution in [1.82, 2.24) is 14.9 Å². The summed E-state index contributed by atoms with van der Waals surface area (Å²) < 4.78 is 13.4. The summed E-state index contributed by atoms with van der Waals surface area (Å²) in [7, 11) is 0. The Morgan fingerprint density at radius 1 is 1.13 bits per heavy atom. The van der Waals surface area contributed by atoms with Gasteiger partial charge in [-0.3, -0.25) is 14.7 Å². The summed E-state index contributed by atoms with van der Waals surface area (Å²) in [5, 5.41) is 9.24. The molecule has 156 valence electrons. The molecule has 1 atom stereocenters. The van der Waals surface area contributed by atoms with Crippen molar-refractivity contribution in [3.05, 3.63) is 76.1 Å². The molecule has 1 fully saturated rings. The van der Waals surface area contributed by atoms with Gasteiger partial charge in [0.25, 0.3) is 5.56 Å². The molecule has 31 heavy (non-hydrogen) atoms. The zero-order valence-corrected chi connectivity index (χ0v) is 17.0. The SMILES string of the molecule is N#Cc1ccc(N2CCN([C@H]3C=C(c4cc5ncc(F)cc5c(=O)[nH]4)CC3)CC2)cc1. The number of pyridine rings is 2. The fraction of sp³-hybridized carbons (Fsp3) is 0.292. The molecule has 1 saturated heterocycles. The molecule has 7 heteroatoms. The summed E-state index contributed by atoms with van der Waals surface area (Å²) in [6, 6.07) is 13.3. The van der Waals surface area contributed by atoms with Gasteiger partial charge in [0, 0.05) is 43.6 Å². The number of aromatic nitrogens is 2. The van der Waals surface area contributed by atoms with Crippen molar-refractivity contribution in [3.8, 4) is 6.07 Å². The molecule has 0 amide bonds. The van der Waals surface area contributed by atoms with E-state index in [1.54, 1.807) is 0 Å². The maximum absolute atomic E-state index is 13.4. The van der Waals surface area contributed by atoms with Gasteiger partial charge in [0.1, 0.15) is 5.82 Å². The van der Waals surface area contributed by atoms with E-state index in [4.69, 9.17) is 5.26 Å². The van der Waals surface area contributed by atoms with Gasteiger partial charge in [0.05, 0.1) is 28.7 Å². The Morgan fingerprint density at radius 2 is 1.90 bits per heavy atom. The number of nitrogens with zero attached hydrogens (tertiary/aromatic N) is 4. The van der Waals surface area contributed by atoms with Crippen LogP contribution < -0.4 is 10.5 Å². The summed E-state index contributed by atoms with van der Waals surface area (Å²) in [4.78, 5) is 24.2. The van der Waals surface area contributed by atoms with E-state index in [0.29, 0.717) is 17.1 Å². The van der Waals surface area contributed by atoms with Gasteiger partial charge in [-0.1, -0.05) is 6.08 Å². The smallest absolute Gasteiger partial charge is 0.257 e. The number of nitriles is 1. The molecule has 2 aromatic heterocycles. The van der Waals surface area contributed by atoms with Gasteiger partial charge < -0.3 is 9.88 Å². The third-order valence-electron chi connectivity index (χ3n) is 6.25. The van der Waals surface area contributed by atoms with Gasteiger partial charge in [-0.2, -0.15) is 5.26 Å². The number of fused-ring (bicyclic) bond motifs is 1. The molecule has 0 unspecified atom stereocenters. The van der Waals surface area contributed by atoms with Crippen LogP contribution in [0.2, 0.25) is 0 Å². The second kappa shape index (κ2) is 7.97. The summed E-state index contributed by atoms with van der Waals surface area (Å²) in [5.74, 6) is -0.508. The van der Waals surface area contributed by atoms with Gasteiger partial charge in [-0.15, -0.1) is 0 Å². The Morgan fingerprint density at radius 3 is 2.65 bits per heavy atom. The second-order valence-electron chi connectivity index (χ2n) is 8.08. The third-order valence-corrected chi connectivity index (χ3v) is 6.25. The van der Waals surface area contributed by atoms with Crippen LogP contribution in [0.15, 0.2) is 53.5 Å². The van der Waals surface area contributed by atoms with Crippen molar-refractivity contribution in [2.75, 3.05) is 31.1 Å². The molecule has 3 heterocycles. The number of nitrogens with one attached hydrogen (secondary N) is 1. The average Bonchev–Trinajstić information content (AvgIpc) is 3.30. The maximum Gasteiger partial charge on any atom is 0.257 e. The highest BCUT2D eigenvalue weighted by atomic mass is 19.1. The largest absolute Gasteiger partial charge is 0.369 e. The number of halogens is 1. The first kappa shape index (κ1) is 19.5. The van der Waals surface area contributed by atoms with Crippen LogP contribution in [0, 0.1) is 17.1 Å². The molecule has 0 saturated carbocycles. The van der Waals surface area contributed by atoms with E-state index in [1.807, 2.05) is 30.3 Å². The summed E-state index contributed by atoms with van der Waals surface area (Å²) in [6.07, 6.45) is 5.30. The number of rotatable bonds is 3. The summed E-state index contributed by atoms with van der Waals surface area (Å²) >= 11 is 0. The number of anilines is 1. The number of allylic oxidation sites excluding steroid dienone is 1. The fourth-order valence-electron chi connectivity index (χ4n) is 4.56. The van der Waals surface area contributed by atoms with Crippen LogP contribution in [0.25, 0.3) is 16.5 Å². The quantitative estimate of drug-likeness (QED) is 0.710. The molecule has 1 N–H and O–H groups in total. The molecule has 0 bridgehead atoms. The van der Waals surface area contributed by atoms with Crippen molar-refractivity contribution < 1.29 is 4.39 Å². The Hall–Kier alpha value is -3.50. The maximum atomic E-state index is 13.4. The monoisotopic (exact) mass is 415 g/mol. The minimum absolute atomic E-state index is 0.276. The Labute approximate surface area is 179 Å². The molecule has 0 spiro atoms. The number of hydrogen-bond acceptors (Lipinski definition) is 5. The van der Waals surface area contributed by atoms with Crippen LogP contribution in [-0.2, 0) is 0 Å². The summed E-state index contributed by atoms with van der Waals surface area (Å²) in [6.45, 7) is 3.80. The van der Waals surface area contributed by atoms with Gasteiger partial charge in [-0.25, -0.2) is 4.39 Å². The molecule has 1 aliphatic heterocycles. The predicted molar refractivity (Wildman–Crippen MR) is 118 cm³/mol.